The van der Waals surface area contributed by atoms with Crippen LogP contribution in [0.4, 0.5) is 17.3 Å². The normalized spacial score (nSPS) is 11.8. The zero-order valence-electron chi connectivity index (χ0n) is 21.7. The van der Waals surface area contributed by atoms with E-state index >= 15 is 0 Å². The van der Waals surface area contributed by atoms with Crippen molar-refractivity contribution in [2.24, 2.45) is 0 Å². The summed E-state index contributed by atoms with van der Waals surface area (Å²) in [5, 5.41) is 0. The van der Waals surface area contributed by atoms with Gasteiger partial charge in [0, 0.05) is 29.7 Å². The smallest absolute Gasteiger partial charge is 0.418 e. The van der Waals surface area contributed by atoms with E-state index in [1.165, 1.54) is 39.2 Å². The van der Waals surface area contributed by atoms with Crippen molar-refractivity contribution in [2.75, 3.05) is 0 Å². The topological polar surface area (TPSA) is 3.88 Å². The van der Waals surface area contributed by atoms with E-state index in [1.807, 2.05) is 0 Å². The molecule has 1 atom stereocenters. The molecule has 0 saturated heterocycles. The number of aromatic nitrogens is 1. The number of rotatable bonds is 7. The van der Waals surface area contributed by atoms with Crippen molar-refractivity contribution < 1.29 is 21.8 Å². The van der Waals surface area contributed by atoms with Gasteiger partial charge in [0.2, 0.25) is 11.4 Å². The Bertz CT molecular complexity index is 1380. The Kier molecular flexibility index (Phi) is 9.32. The third kappa shape index (κ3) is 8.15. The first-order valence-corrected chi connectivity index (χ1v) is 13.0. The number of pyridine rings is 1. The van der Waals surface area contributed by atoms with Gasteiger partial charge in [0.25, 0.3) is 0 Å². The zero-order valence-corrected chi connectivity index (χ0v) is 21.7. The molecule has 0 spiro atoms. The van der Waals surface area contributed by atoms with E-state index in [1.54, 1.807) is 0 Å². The van der Waals surface area contributed by atoms with Crippen molar-refractivity contribution in [3.63, 3.8) is 0 Å². The van der Waals surface area contributed by atoms with Crippen LogP contribution in [-0.2, 0) is 6.42 Å². The number of hydrogen-bond donors (Lipinski definition) is 0. The van der Waals surface area contributed by atoms with Crippen molar-refractivity contribution >= 4 is 7.25 Å². The monoisotopic (exact) mass is 527 g/mol. The molecule has 0 aliphatic carbocycles. The fourth-order valence-corrected chi connectivity index (χ4v) is 4.69. The molecule has 1 nitrogen and oxygen atoms in total. The maximum absolute atomic E-state index is 9.75. The molecule has 4 aromatic carbocycles. The van der Waals surface area contributed by atoms with Crippen LogP contribution in [0.5, 0.6) is 0 Å². The van der Waals surface area contributed by atoms with Gasteiger partial charge >= 0.3 is 7.25 Å². The van der Waals surface area contributed by atoms with E-state index in [9.17, 15) is 17.3 Å². The highest BCUT2D eigenvalue weighted by Gasteiger charge is 2.27. The summed E-state index contributed by atoms with van der Waals surface area (Å²) in [6.07, 6.45) is 2.12. The summed E-state index contributed by atoms with van der Waals surface area (Å²) in [5.74, 6) is 0. The van der Waals surface area contributed by atoms with Gasteiger partial charge in [-0.15, -0.1) is 0 Å². The lowest BCUT2D eigenvalue weighted by Gasteiger charge is -2.17. The minimum Gasteiger partial charge on any atom is -0.418 e. The van der Waals surface area contributed by atoms with Crippen molar-refractivity contribution in [2.45, 2.75) is 25.8 Å². The van der Waals surface area contributed by atoms with E-state index in [4.69, 9.17) is 0 Å². The van der Waals surface area contributed by atoms with Gasteiger partial charge in [-0.3, -0.25) is 0 Å². The van der Waals surface area contributed by atoms with Crippen LogP contribution in [0.15, 0.2) is 133 Å². The molecule has 0 aliphatic rings. The zero-order chi connectivity index (χ0) is 27.7. The van der Waals surface area contributed by atoms with Crippen molar-refractivity contribution in [1.29, 1.82) is 0 Å². The highest BCUT2D eigenvalue weighted by molar-refractivity contribution is 6.50. The molecule has 0 aliphatic heterocycles. The number of nitrogens with zero attached hydrogens (tertiary/aromatic N) is 1. The molecule has 1 heterocycles. The lowest BCUT2D eigenvalue weighted by Crippen LogP contribution is -2.42. The first-order chi connectivity index (χ1) is 18.8. The van der Waals surface area contributed by atoms with Crippen LogP contribution >= 0.6 is 0 Å². The van der Waals surface area contributed by atoms with E-state index in [-0.39, 0.29) is 0 Å². The fourth-order valence-electron chi connectivity index (χ4n) is 4.69. The van der Waals surface area contributed by atoms with Gasteiger partial charge in [-0.25, -0.2) is 0 Å². The van der Waals surface area contributed by atoms with Crippen LogP contribution in [0.1, 0.15) is 24.9 Å². The molecule has 0 fully saturated rings. The first kappa shape index (κ1) is 27.8. The molecule has 198 valence electrons. The minimum atomic E-state index is -6.00. The number of halogens is 4. The van der Waals surface area contributed by atoms with Gasteiger partial charge < -0.3 is 17.3 Å². The van der Waals surface area contributed by atoms with Gasteiger partial charge in [0.05, 0.1) is 0 Å². The second-order valence-electron chi connectivity index (χ2n) is 9.35. The summed E-state index contributed by atoms with van der Waals surface area (Å²) in [4.78, 5) is 0. The van der Waals surface area contributed by atoms with Crippen LogP contribution in [0.25, 0.3) is 33.6 Å². The maximum Gasteiger partial charge on any atom is 0.673 e. The quantitative estimate of drug-likeness (QED) is 0.113. The molecule has 0 radical (unpaired) electrons. The summed E-state index contributed by atoms with van der Waals surface area (Å²) in [6.45, 7) is 2.35. The van der Waals surface area contributed by atoms with Crippen molar-refractivity contribution in [3.05, 3.63) is 139 Å². The standard InChI is InChI=1S/C33H30N.BF4/c1-26(22-23-27-14-6-2-7-15-27)34-32(29-18-10-4-11-19-29)24-31(28-16-8-3-9-17-28)25-33(34)30-20-12-5-13-21-30;2-1(3,4)5/h2-21,24-26H,22-23H2,1H3;/q+1;-1/t26-;/m1./s1. The molecule has 1 aromatic heterocycles. The fraction of sp³-hybridized carbons (Fsp3) is 0.121. The summed E-state index contributed by atoms with van der Waals surface area (Å²) in [5.41, 5.74) is 8.85. The second-order valence-corrected chi connectivity index (χ2v) is 9.35. The predicted octanol–water partition coefficient (Wildman–Crippen LogP) is 9.47. The Morgan fingerprint density at radius 3 is 1.31 bits per heavy atom. The Hall–Kier alpha value is -4.19. The Morgan fingerprint density at radius 2 is 0.897 bits per heavy atom. The summed E-state index contributed by atoms with van der Waals surface area (Å²) < 4.78 is 41.5. The summed E-state index contributed by atoms with van der Waals surface area (Å²) in [6, 6.07) is 48.1. The lowest BCUT2D eigenvalue weighted by atomic mass is 9.97. The number of aryl methyl sites for hydroxylation is 1. The van der Waals surface area contributed by atoms with Gasteiger partial charge in [-0.1, -0.05) is 97.1 Å². The molecule has 0 N–H and O–H groups in total. The molecule has 6 heteroatoms. The number of benzene rings is 4. The highest BCUT2D eigenvalue weighted by Crippen LogP contribution is 2.31. The van der Waals surface area contributed by atoms with Crippen LogP contribution < -0.4 is 4.57 Å². The van der Waals surface area contributed by atoms with Crippen LogP contribution in [0.3, 0.4) is 0 Å². The van der Waals surface area contributed by atoms with Gasteiger partial charge in [-0.05, 0) is 54.3 Å². The highest BCUT2D eigenvalue weighted by atomic mass is 19.5. The summed E-state index contributed by atoms with van der Waals surface area (Å²) >= 11 is 0. The van der Waals surface area contributed by atoms with E-state index in [2.05, 4.69) is 145 Å². The first-order valence-electron chi connectivity index (χ1n) is 13.0. The van der Waals surface area contributed by atoms with Crippen LogP contribution in [-0.4, -0.2) is 7.25 Å². The molecule has 0 unspecified atom stereocenters. The van der Waals surface area contributed by atoms with E-state index in [0.717, 1.165) is 12.8 Å². The van der Waals surface area contributed by atoms with E-state index < -0.39 is 7.25 Å². The Labute approximate surface area is 227 Å². The van der Waals surface area contributed by atoms with Crippen LogP contribution in [0, 0.1) is 0 Å². The molecule has 0 bridgehead atoms. The maximum atomic E-state index is 9.75. The predicted molar refractivity (Wildman–Crippen MR) is 153 cm³/mol. The third-order valence-corrected chi connectivity index (χ3v) is 6.48. The molecule has 0 amide bonds. The molecular weight excluding hydrogens is 497 g/mol. The summed E-state index contributed by atoms with van der Waals surface area (Å²) in [7, 11) is -6.00. The Morgan fingerprint density at radius 1 is 0.538 bits per heavy atom. The van der Waals surface area contributed by atoms with Gasteiger partial charge in [0.15, 0.2) is 6.04 Å². The number of hydrogen-bond acceptors (Lipinski definition) is 0. The van der Waals surface area contributed by atoms with E-state index in [0.29, 0.717) is 6.04 Å². The molecule has 0 saturated carbocycles. The van der Waals surface area contributed by atoms with Gasteiger partial charge in [-0.2, -0.15) is 4.57 Å². The largest absolute Gasteiger partial charge is 0.673 e. The third-order valence-electron chi connectivity index (χ3n) is 6.48. The van der Waals surface area contributed by atoms with Crippen LogP contribution in [0.2, 0.25) is 0 Å². The minimum absolute atomic E-state index is 0.329. The lowest BCUT2D eigenvalue weighted by molar-refractivity contribution is -0.699. The van der Waals surface area contributed by atoms with Crippen molar-refractivity contribution in [3.8, 4) is 33.6 Å². The molecule has 39 heavy (non-hydrogen) atoms. The molecule has 5 rings (SSSR count). The van der Waals surface area contributed by atoms with Gasteiger partial charge in [0.1, 0.15) is 0 Å². The molecule has 5 aromatic rings. The average molecular weight is 527 g/mol. The second kappa shape index (κ2) is 13.1. The Balaban J connectivity index is 0.000000648. The molecular formula is C33H30BF4N. The van der Waals surface area contributed by atoms with Crippen molar-refractivity contribution in [1.82, 2.24) is 0 Å². The SMILES string of the molecule is C[C@H](CCc1ccccc1)[n+]1c(-c2ccccc2)cc(-c2ccccc2)cc1-c1ccccc1.F[B-](F)(F)F. The average Bonchev–Trinajstić information content (AvgIpc) is 2.96.